The maximum atomic E-state index is 9.76. The third kappa shape index (κ3) is 2.24. The number of hydrogen-bond acceptors (Lipinski definition) is 3. The Labute approximate surface area is 112 Å². The van der Waals surface area contributed by atoms with Crippen LogP contribution in [0, 0.1) is 0 Å². The number of phenols is 2. The zero-order chi connectivity index (χ0) is 13.2. The summed E-state index contributed by atoms with van der Waals surface area (Å²) >= 11 is 0. The molecule has 2 N–H and O–H groups in total. The predicted molar refractivity (Wildman–Crippen MR) is 76.2 cm³/mol. The molecule has 3 heteroatoms. The van der Waals surface area contributed by atoms with Crippen LogP contribution in [0.15, 0.2) is 42.5 Å². The molecule has 1 aliphatic rings. The first-order valence-corrected chi connectivity index (χ1v) is 6.63. The molecule has 0 radical (unpaired) electrons. The Bertz CT molecular complexity index is 581. The van der Waals surface area contributed by atoms with Gasteiger partial charge < -0.3 is 15.1 Å². The van der Waals surface area contributed by atoms with E-state index in [1.807, 2.05) is 18.2 Å². The Balaban J connectivity index is 2.11. The van der Waals surface area contributed by atoms with E-state index in [4.69, 9.17) is 0 Å². The minimum absolute atomic E-state index is 0.0336. The van der Waals surface area contributed by atoms with Crippen LogP contribution in [0.1, 0.15) is 18.4 Å². The molecular weight excluding hydrogens is 238 g/mol. The summed E-state index contributed by atoms with van der Waals surface area (Å²) in [5, 5.41) is 19.4. The lowest BCUT2D eigenvalue weighted by Gasteiger charge is -2.25. The summed E-state index contributed by atoms with van der Waals surface area (Å²) in [4.78, 5) is 2.21. The Morgan fingerprint density at radius 3 is 2.42 bits per heavy atom. The van der Waals surface area contributed by atoms with Gasteiger partial charge in [-0.25, -0.2) is 0 Å². The molecule has 0 aliphatic carbocycles. The standard InChI is InChI=1S/C16H17NO2/c18-15-10-12-6-4-5-9-17(14(12)11-16(15)19)13-7-2-1-3-8-13/h1-3,7-8,10-11,18-19H,4-6,9H2. The lowest BCUT2D eigenvalue weighted by molar-refractivity contribution is 0.403. The van der Waals surface area contributed by atoms with Gasteiger partial charge >= 0.3 is 0 Å². The van der Waals surface area contributed by atoms with E-state index in [1.54, 1.807) is 12.1 Å². The number of aromatic hydroxyl groups is 2. The summed E-state index contributed by atoms with van der Waals surface area (Å²) in [6.07, 6.45) is 3.14. The number of aryl methyl sites for hydroxylation is 1. The lowest BCUT2D eigenvalue weighted by Crippen LogP contribution is -2.17. The van der Waals surface area contributed by atoms with E-state index >= 15 is 0 Å². The van der Waals surface area contributed by atoms with Crippen LogP contribution in [0.25, 0.3) is 0 Å². The van der Waals surface area contributed by atoms with Crippen LogP contribution in [-0.4, -0.2) is 16.8 Å². The molecule has 19 heavy (non-hydrogen) atoms. The fourth-order valence-corrected chi connectivity index (χ4v) is 2.64. The van der Waals surface area contributed by atoms with E-state index in [2.05, 4.69) is 17.0 Å². The maximum Gasteiger partial charge on any atom is 0.159 e. The summed E-state index contributed by atoms with van der Waals surface area (Å²) in [6, 6.07) is 13.5. The van der Waals surface area contributed by atoms with E-state index < -0.39 is 0 Å². The number of fused-ring (bicyclic) bond motifs is 1. The Hall–Kier alpha value is -2.16. The number of nitrogens with zero attached hydrogens (tertiary/aromatic N) is 1. The molecule has 0 aromatic heterocycles. The largest absolute Gasteiger partial charge is 0.504 e. The number of benzene rings is 2. The summed E-state index contributed by atoms with van der Waals surface area (Å²) < 4.78 is 0. The lowest BCUT2D eigenvalue weighted by atomic mass is 10.1. The predicted octanol–water partition coefficient (Wildman–Crippen LogP) is 3.57. The molecule has 98 valence electrons. The smallest absolute Gasteiger partial charge is 0.159 e. The molecule has 2 aromatic rings. The SMILES string of the molecule is Oc1cc2c(cc1O)N(c1ccccc1)CCCC2. The third-order valence-electron chi connectivity index (χ3n) is 3.61. The van der Waals surface area contributed by atoms with E-state index in [0.29, 0.717) is 0 Å². The van der Waals surface area contributed by atoms with Crippen LogP contribution >= 0.6 is 0 Å². The Morgan fingerprint density at radius 2 is 1.63 bits per heavy atom. The van der Waals surface area contributed by atoms with Crippen molar-refractivity contribution in [1.29, 1.82) is 0 Å². The summed E-state index contributed by atoms with van der Waals surface area (Å²) in [5.74, 6) is -0.0877. The first-order valence-electron chi connectivity index (χ1n) is 6.63. The van der Waals surface area contributed by atoms with Crippen LogP contribution in [0.3, 0.4) is 0 Å². The highest BCUT2D eigenvalue weighted by Gasteiger charge is 2.18. The second-order valence-electron chi connectivity index (χ2n) is 4.91. The Morgan fingerprint density at radius 1 is 0.895 bits per heavy atom. The van der Waals surface area contributed by atoms with Crippen molar-refractivity contribution >= 4 is 11.4 Å². The van der Waals surface area contributed by atoms with Crippen molar-refractivity contribution in [1.82, 2.24) is 0 Å². The second kappa shape index (κ2) is 4.84. The molecule has 0 saturated carbocycles. The maximum absolute atomic E-state index is 9.76. The molecule has 0 amide bonds. The highest BCUT2D eigenvalue weighted by atomic mass is 16.3. The molecule has 0 fully saturated rings. The van der Waals surface area contributed by atoms with Crippen molar-refractivity contribution in [2.45, 2.75) is 19.3 Å². The average molecular weight is 255 g/mol. The molecule has 3 rings (SSSR count). The van der Waals surface area contributed by atoms with Gasteiger partial charge in [0.25, 0.3) is 0 Å². The van der Waals surface area contributed by atoms with Crippen molar-refractivity contribution in [2.75, 3.05) is 11.4 Å². The zero-order valence-corrected chi connectivity index (χ0v) is 10.7. The molecule has 0 unspecified atom stereocenters. The van der Waals surface area contributed by atoms with Gasteiger partial charge in [-0.1, -0.05) is 18.2 Å². The van der Waals surface area contributed by atoms with E-state index in [-0.39, 0.29) is 11.5 Å². The molecule has 0 bridgehead atoms. The second-order valence-corrected chi connectivity index (χ2v) is 4.91. The molecule has 0 saturated heterocycles. The van der Waals surface area contributed by atoms with Crippen molar-refractivity contribution in [3.05, 3.63) is 48.0 Å². The van der Waals surface area contributed by atoms with Gasteiger partial charge in [0.15, 0.2) is 11.5 Å². The van der Waals surface area contributed by atoms with Gasteiger partial charge in [-0.05, 0) is 43.0 Å². The van der Waals surface area contributed by atoms with Crippen LogP contribution < -0.4 is 4.90 Å². The molecule has 1 heterocycles. The van der Waals surface area contributed by atoms with Gasteiger partial charge in [0.1, 0.15) is 0 Å². The van der Waals surface area contributed by atoms with Crippen molar-refractivity contribution in [3.63, 3.8) is 0 Å². The van der Waals surface area contributed by atoms with E-state index in [1.165, 1.54) is 0 Å². The van der Waals surface area contributed by atoms with Gasteiger partial charge in [-0.3, -0.25) is 0 Å². The van der Waals surface area contributed by atoms with Crippen LogP contribution in [0.5, 0.6) is 11.5 Å². The first-order chi connectivity index (χ1) is 9.25. The van der Waals surface area contributed by atoms with Gasteiger partial charge in [0, 0.05) is 24.0 Å². The number of anilines is 2. The Kier molecular flexibility index (Phi) is 3.03. The normalized spacial score (nSPS) is 14.8. The van der Waals surface area contributed by atoms with Crippen LogP contribution in [0.2, 0.25) is 0 Å². The summed E-state index contributed by atoms with van der Waals surface area (Å²) in [6.45, 7) is 0.932. The summed E-state index contributed by atoms with van der Waals surface area (Å²) in [5.41, 5.74) is 3.21. The molecular formula is C16H17NO2. The van der Waals surface area contributed by atoms with Gasteiger partial charge in [-0.15, -0.1) is 0 Å². The fourth-order valence-electron chi connectivity index (χ4n) is 2.64. The quantitative estimate of drug-likeness (QED) is 0.766. The van der Waals surface area contributed by atoms with Crippen molar-refractivity contribution < 1.29 is 10.2 Å². The number of hydrogen-bond donors (Lipinski definition) is 2. The topological polar surface area (TPSA) is 43.7 Å². The molecule has 1 aliphatic heterocycles. The first kappa shape index (κ1) is 11.9. The van der Waals surface area contributed by atoms with Crippen LogP contribution in [0.4, 0.5) is 11.4 Å². The van der Waals surface area contributed by atoms with Gasteiger partial charge in [-0.2, -0.15) is 0 Å². The molecule has 2 aromatic carbocycles. The van der Waals surface area contributed by atoms with E-state index in [0.717, 1.165) is 42.7 Å². The monoisotopic (exact) mass is 255 g/mol. The minimum atomic E-state index is -0.0541. The number of phenolic OH excluding ortho intramolecular Hbond substituents is 2. The van der Waals surface area contributed by atoms with Gasteiger partial charge in [0.2, 0.25) is 0 Å². The number of para-hydroxylation sites is 1. The van der Waals surface area contributed by atoms with Crippen LogP contribution in [-0.2, 0) is 6.42 Å². The summed E-state index contributed by atoms with van der Waals surface area (Å²) in [7, 11) is 0. The van der Waals surface area contributed by atoms with Crippen molar-refractivity contribution in [3.8, 4) is 11.5 Å². The molecule has 0 atom stereocenters. The highest BCUT2D eigenvalue weighted by molar-refractivity contribution is 5.70. The fraction of sp³-hybridized carbons (Fsp3) is 0.250. The average Bonchev–Trinajstić information content (AvgIpc) is 2.63. The van der Waals surface area contributed by atoms with Gasteiger partial charge in [0.05, 0.1) is 0 Å². The minimum Gasteiger partial charge on any atom is -0.504 e. The molecule has 3 nitrogen and oxygen atoms in total. The molecule has 0 spiro atoms. The highest BCUT2D eigenvalue weighted by Crippen LogP contribution is 2.39. The number of rotatable bonds is 1. The van der Waals surface area contributed by atoms with Crippen molar-refractivity contribution in [2.24, 2.45) is 0 Å². The third-order valence-corrected chi connectivity index (χ3v) is 3.61. The zero-order valence-electron chi connectivity index (χ0n) is 10.7. The van der Waals surface area contributed by atoms with E-state index in [9.17, 15) is 10.2 Å².